The van der Waals surface area contributed by atoms with Gasteiger partial charge in [0.15, 0.2) is 0 Å². The number of hydrogen-bond acceptors (Lipinski definition) is 2. The molecule has 2 fully saturated rings. The SMILES string of the molecule is C[C@@H]1CC[C@@H]2C(=O)N(c3cccc(C(F)(F)F)c3)C(=O)[C@H]2C1. The first-order valence-electron chi connectivity index (χ1n) is 7.34. The van der Waals surface area contributed by atoms with Crippen molar-refractivity contribution in [1.82, 2.24) is 0 Å². The number of alkyl halides is 3. The third-order valence-electron chi connectivity index (χ3n) is 4.62. The van der Waals surface area contributed by atoms with Crippen LogP contribution in [0.4, 0.5) is 18.9 Å². The van der Waals surface area contributed by atoms with Crippen molar-refractivity contribution in [2.24, 2.45) is 17.8 Å². The lowest BCUT2D eigenvalue weighted by Crippen LogP contribution is -2.31. The fraction of sp³-hybridized carbons (Fsp3) is 0.500. The predicted molar refractivity (Wildman–Crippen MR) is 73.9 cm³/mol. The van der Waals surface area contributed by atoms with Gasteiger partial charge in [0.05, 0.1) is 23.1 Å². The lowest BCUT2D eigenvalue weighted by atomic mass is 9.76. The molecule has 2 aliphatic rings. The van der Waals surface area contributed by atoms with E-state index in [4.69, 9.17) is 0 Å². The molecule has 0 bridgehead atoms. The Labute approximate surface area is 126 Å². The normalized spacial score (nSPS) is 28.9. The van der Waals surface area contributed by atoms with E-state index in [0.717, 1.165) is 23.5 Å². The van der Waals surface area contributed by atoms with Gasteiger partial charge < -0.3 is 0 Å². The van der Waals surface area contributed by atoms with Crippen LogP contribution in [0.25, 0.3) is 0 Å². The van der Waals surface area contributed by atoms with E-state index >= 15 is 0 Å². The van der Waals surface area contributed by atoms with Crippen molar-refractivity contribution in [2.75, 3.05) is 4.90 Å². The van der Waals surface area contributed by atoms with Gasteiger partial charge in [0.2, 0.25) is 11.8 Å². The molecule has 3 atom stereocenters. The van der Waals surface area contributed by atoms with Crippen molar-refractivity contribution in [1.29, 1.82) is 0 Å². The second-order valence-corrected chi connectivity index (χ2v) is 6.19. The molecular weight excluding hydrogens is 295 g/mol. The molecule has 0 unspecified atom stereocenters. The average Bonchev–Trinajstić information content (AvgIpc) is 2.69. The van der Waals surface area contributed by atoms with Crippen LogP contribution in [0, 0.1) is 17.8 Å². The Morgan fingerprint density at radius 2 is 1.77 bits per heavy atom. The zero-order valence-corrected chi connectivity index (χ0v) is 12.1. The van der Waals surface area contributed by atoms with Crippen LogP contribution in [0.3, 0.4) is 0 Å². The van der Waals surface area contributed by atoms with E-state index in [0.29, 0.717) is 18.8 Å². The lowest BCUT2D eigenvalue weighted by molar-refractivity contribution is -0.137. The van der Waals surface area contributed by atoms with Gasteiger partial charge in [0.25, 0.3) is 0 Å². The molecule has 1 aromatic rings. The van der Waals surface area contributed by atoms with Gasteiger partial charge in [-0.05, 0) is 43.4 Å². The van der Waals surface area contributed by atoms with Crippen molar-refractivity contribution >= 4 is 17.5 Å². The number of rotatable bonds is 1. The second kappa shape index (κ2) is 5.11. The Morgan fingerprint density at radius 3 is 2.45 bits per heavy atom. The van der Waals surface area contributed by atoms with Gasteiger partial charge in [-0.25, -0.2) is 0 Å². The quantitative estimate of drug-likeness (QED) is 0.743. The van der Waals surface area contributed by atoms with E-state index in [1.807, 2.05) is 6.92 Å². The van der Waals surface area contributed by atoms with E-state index < -0.39 is 11.7 Å². The third-order valence-corrected chi connectivity index (χ3v) is 4.62. The summed E-state index contributed by atoms with van der Waals surface area (Å²) in [4.78, 5) is 25.9. The molecule has 1 aromatic carbocycles. The first kappa shape index (κ1) is 15.1. The van der Waals surface area contributed by atoms with Gasteiger partial charge in [-0.3, -0.25) is 14.5 Å². The summed E-state index contributed by atoms with van der Waals surface area (Å²) in [6.07, 6.45) is -2.36. The number of benzene rings is 1. The summed E-state index contributed by atoms with van der Waals surface area (Å²) in [5.74, 6) is -1.12. The van der Waals surface area contributed by atoms with E-state index in [-0.39, 0.29) is 29.3 Å². The zero-order valence-electron chi connectivity index (χ0n) is 12.1. The molecule has 0 aromatic heterocycles. The fourth-order valence-corrected chi connectivity index (χ4v) is 3.47. The van der Waals surface area contributed by atoms with Gasteiger partial charge in [0.1, 0.15) is 0 Å². The molecule has 118 valence electrons. The van der Waals surface area contributed by atoms with Crippen LogP contribution in [-0.4, -0.2) is 11.8 Å². The van der Waals surface area contributed by atoms with Crippen molar-refractivity contribution in [3.63, 3.8) is 0 Å². The van der Waals surface area contributed by atoms with Crippen molar-refractivity contribution in [2.45, 2.75) is 32.4 Å². The summed E-state index contributed by atoms with van der Waals surface area (Å²) < 4.78 is 38.4. The van der Waals surface area contributed by atoms with Crippen LogP contribution < -0.4 is 4.90 Å². The average molecular weight is 311 g/mol. The summed E-state index contributed by atoms with van der Waals surface area (Å²) >= 11 is 0. The lowest BCUT2D eigenvalue weighted by Gasteiger charge is -2.25. The van der Waals surface area contributed by atoms with Gasteiger partial charge in [-0.15, -0.1) is 0 Å². The maximum Gasteiger partial charge on any atom is 0.416 e. The highest BCUT2D eigenvalue weighted by Gasteiger charge is 2.50. The highest BCUT2D eigenvalue weighted by atomic mass is 19.4. The Balaban J connectivity index is 1.95. The number of carbonyl (C=O) groups excluding carboxylic acids is 2. The third kappa shape index (κ3) is 2.40. The summed E-state index contributed by atoms with van der Waals surface area (Å²) in [5, 5.41) is 0. The molecule has 0 spiro atoms. The summed E-state index contributed by atoms with van der Waals surface area (Å²) in [6, 6.07) is 4.41. The number of imide groups is 1. The molecule has 1 heterocycles. The van der Waals surface area contributed by atoms with Gasteiger partial charge in [-0.1, -0.05) is 13.0 Å². The molecule has 1 saturated carbocycles. The largest absolute Gasteiger partial charge is 0.416 e. The fourth-order valence-electron chi connectivity index (χ4n) is 3.47. The number of fused-ring (bicyclic) bond motifs is 1. The first-order valence-corrected chi connectivity index (χ1v) is 7.34. The zero-order chi connectivity index (χ0) is 16.1. The van der Waals surface area contributed by atoms with Gasteiger partial charge in [-0.2, -0.15) is 13.2 Å². The highest BCUT2D eigenvalue weighted by molar-refractivity contribution is 6.22. The molecule has 1 aliphatic heterocycles. The Morgan fingerprint density at radius 1 is 1.09 bits per heavy atom. The minimum absolute atomic E-state index is 0.0203. The molecule has 2 amide bonds. The van der Waals surface area contributed by atoms with Crippen LogP contribution in [0.2, 0.25) is 0 Å². The Hall–Kier alpha value is -1.85. The topological polar surface area (TPSA) is 37.4 Å². The van der Waals surface area contributed by atoms with E-state index in [1.165, 1.54) is 12.1 Å². The number of halogens is 3. The minimum atomic E-state index is -4.50. The number of nitrogens with zero attached hydrogens (tertiary/aromatic N) is 1. The predicted octanol–water partition coefficient (Wildman–Crippen LogP) is 3.63. The molecule has 0 N–H and O–H groups in total. The van der Waals surface area contributed by atoms with Crippen LogP contribution >= 0.6 is 0 Å². The monoisotopic (exact) mass is 311 g/mol. The summed E-state index contributed by atoms with van der Waals surface area (Å²) in [7, 11) is 0. The molecule has 3 rings (SSSR count). The Bertz CT molecular complexity index is 626. The molecule has 1 saturated heterocycles. The molecule has 3 nitrogen and oxygen atoms in total. The van der Waals surface area contributed by atoms with E-state index in [9.17, 15) is 22.8 Å². The standard InChI is InChI=1S/C16H16F3NO2/c1-9-5-6-12-13(7-9)15(22)20(14(12)21)11-4-2-3-10(8-11)16(17,18)19/h2-4,8-9,12-13H,5-7H2,1H3/t9-,12+,13+/m1/s1. The molecular formula is C16H16F3NO2. The van der Waals surface area contributed by atoms with Crippen molar-refractivity contribution < 1.29 is 22.8 Å². The second-order valence-electron chi connectivity index (χ2n) is 6.19. The van der Waals surface area contributed by atoms with Crippen LogP contribution in [0.5, 0.6) is 0 Å². The van der Waals surface area contributed by atoms with Gasteiger partial charge >= 0.3 is 6.18 Å². The maximum absolute atomic E-state index is 12.8. The summed E-state index contributed by atoms with van der Waals surface area (Å²) in [6.45, 7) is 2.03. The maximum atomic E-state index is 12.8. The number of hydrogen-bond donors (Lipinski definition) is 0. The highest BCUT2D eigenvalue weighted by Crippen LogP contribution is 2.42. The smallest absolute Gasteiger partial charge is 0.274 e. The minimum Gasteiger partial charge on any atom is -0.274 e. The van der Waals surface area contributed by atoms with Crippen LogP contribution in [0.15, 0.2) is 24.3 Å². The molecule has 22 heavy (non-hydrogen) atoms. The molecule has 0 radical (unpaired) electrons. The van der Waals surface area contributed by atoms with E-state index in [2.05, 4.69) is 0 Å². The van der Waals surface area contributed by atoms with Crippen molar-refractivity contribution in [3.8, 4) is 0 Å². The van der Waals surface area contributed by atoms with Crippen molar-refractivity contribution in [3.05, 3.63) is 29.8 Å². The molecule has 6 heteroatoms. The van der Waals surface area contributed by atoms with Crippen LogP contribution in [-0.2, 0) is 15.8 Å². The molecule has 1 aliphatic carbocycles. The van der Waals surface area contributed by atoms with Crippen LogP contribution in [0.1, 0.15) is 31.7 Å². The van der Waals surface area contributed by atoms with Gasteiger partial charge in [0, 0.05) is 0 Å². The number of carbonyl (C=O) groups is 2. The Kier molecular flexibility index (Phi) is 3.50. The first-order chi connectivity index (χ1) is 10.3. The summed E-state index contributed by atoms with van der Waals surface area (Å²) in [5.41, 5.74) is -0.833. The van der Waals surface area contributed by atoms with E-state index in [1.54, 1.807) is 0 Å². The number of amides is 2. The number of anilines is 1.